The zero-order valence-corrected chi connectivity index (χ0v) is 18.0. The van der Waals surface area contributed by atoms with Gasteiger partial charge in [-0.1, -0.05) is 42.5 Å². The number of fused-ring (bicyclic) bond motifs is 1. The maximum absolute atomic E-state index is 12.6. The molecule has 33 heavy (non-hydrogen) atoms. The number of phenolic OH excluding ortho intramolecular Hbond substituents is 1. The van der Waals surface area contributed by atoms with Crippen molar-refractivity contribution in [3.8, 4) is 17.0 Å². The molecule has 166 valence electrons. The third kappa shape index (κ3) is 4.77. The number of carboxylic acids is 1. The number of aryl methyl sites for hydroxylation is 1. The summed E-state index contributed by atoms with van der Waals surface area (Å²) in [6.45, 7) is 0. The third-order valence-electron chi connectivity index (χ3n) is 5.42. The van der Waals surface area contributed by atoms with Gasteiger partial charge in [0.15, 0.2) is 0 Å². The molecule has 0 aliphatic carbocycles. The number of aromatic nitrogens is 2. The van der Waals surface area contributed by atoms with Gasteiger partial charge in [0.2, 0.25) is 5.91 Å². The predicted octanol–water partition coefficient (Wildman–Crippen LogP) is 3.77. The second-order valence-electron chi connectivity index (χ2n) is 7.67. The van der Waals surface area contributed by atoms with Crippen LogP contribution in [-0.4, -0.2) is 37.7 Å². The van der Waals surface area contributed by atoms with Gasteiger partial charge in [0.1, 0.15) is 17.4 Å². The Kier molecular flexibility index (Phi) is 6.22. The second kappa shape index (κ2) is 9.40. The monoisotopic (exact) mass is 441 g/mol. The molecule has 0 saturated heterocycles. The van der Waals surface area contributed by atoms with Crippen molar-refractivity contribution in [1.82, 2.24) is 14.9 Å². The number of pyridine rings is 1. The van der Waals surface area contributed by atoms with Crippen LogP contribution in [0.25, 0.3) is 28.4 Å². The summed E-state index contributed by atoms with van der Waals surface area (Å²) in [6.07, 6.45) is 4.86. The minimum absolute atomic E-state index is 0.0939. The maximum Gasteiger partial charge on any atom is 0.326 e. The van der Waals surface area contributed by atoms with Crippen LogP contribution in [0, 0.1) is 0 Å². The van der Waals surface area contributed by atoms with Crippen LogP contribution in [0.15, 0.2) is 79.0 Å². The fourth-order valence-electron chi connectivity index (χ4n) is 3.85. The Morgan fingerprint density at radius 2 is 1.79 bits per heavy atom. The lowest BCUT2D eigenvalue weighted by Crippen LogP contribution is -2.41. The molecule has 0 bridgehead atoms. The molecule has 2 aromatic carbocycles. The first-order chi connectivity index (χ1) is 15.9. The lowest BCUT2D eigenvalue weighted by atomic mass is 10.0. The number of carbonyl (C=O) groups is 2. The van der Waals surface area contributed by atoms with Gasteiger partial charge in [0.25, 0.3) is 0 Å². The Morgan fingerprint density at radius 3 is 2.48 bits per heavy atom. The zero-order chi connectivity index (χ0) is 23.4. The highest BCUT2D eigenvalue weighted by Crippen LogP contribution is 2.32. The predicted molar refractivity (Wildman–Crippen MR) is 127 cm³/mol. The van der Waals surface area contributed by atoms with E-state index in [4.69, 9.17) is 0 Å². The summed E-state index contributed by atoms with van der Waals surface area (Å²) in [5.41, 5.74) is 4.19. The van der Waals surface area contributed by atoms with Gasteiger partial charge in [0.05, 0.1) is 5.69 Å². The first-order valence-electron chi connectivity index (χ1n) is 10.4. The second-order valence-corrected chi connectivity index (χ2v) is 7.67. The summed E-state index contributed by atoms with van der Waals surface area (Å²) in [4.78, 5) is 28.8. The minimum Gasteiger partial charge on any atom is -0.508 e. The molecular weight excluding hydrogens is 418 g/mol. The van der Waals surface area contributed by atoms with Gasteiger partial charge in [0, 0.05) is 36.7 Å². The van der Waals surface area contributed by atoms with Gasteiger partial charge < -0.3 is 20.1 Å². The van der Waals surface area contributed by atoms with E-state index in [-0.39, 0.29) is 12.2 Å². The smallest absolute Gasteiger partial charge is 0.326 e. The summed E-state index contributed by atoms with van der Waals surface area (Å²) in [6, 6.07) is 18.7. The molecule has 1 amide bonds. The molecule has 0 radical (unpaired) electrons. The van der Waals surface area contributed by atoms with Gasteiger partial charge in [-0.25, -0.2) is 9.78 Å². The Bertz CT molecular complexity index is 1330. The number of rotatable bonds is 7. The molecule has 0 spiro atoms. The summed E-state index contributed by atoms with van der Waals surface area (Å²) in [5.74, 6) is -1.55. The van der Waals surface area contributed by atoms with E-state index < -0.39 is 17.9 Å². The van der Waals surface area contributed by atoms with Crippen molar-refractivity contribution in [2.24, 2.45) is 7.05 Å². The van der Waals surface area contributed by atoms with Gasteiger partial charge >= 0.3 is 5.97 Å². The molecule has 0 saturated carbocycles. The molecule has 4 aromatic rings. The van der Waals surface area contributed by atoms with Crippen molar-refractivity contribution in [3.05, 3.63) is 90.1 Å². The molecule has 1 atom stereocenters. The molecule has 0 unspecified atom stereocenters. The van der Waals surface area contributed by atoms with Gasteiger partial charge in [-0.3, -0.25) is 4.79 Å². The number of hydrogen-bond acceptors (Lipinski definition) is 4. The number of aromatic hydroxyl groups is 1. The van der Waals surface area contributed by atoms with Crippen LogP contribution >= 0.6 is 0 Å². The molecule has 4 rings (SSSR count). The molecule has 2 aromatic heterocycles. The van der Waals surface area contributed by atoms with Crippen molar-refractivity contribution in [2.45, 2.75) is 12.5 Å². The molecule has 0 fully saturated rings. The van der Waals surface area contributed by atoms with Crippen LogP contribution in [0.3, 0.4) is 0 Å². The number of carbonyl (C=O) groups excluding carboxylic acids is 1. The zero-order valence-electron chi connectivity index (χ0n) is 18.0. The quantitative estimate of drug-likeness (QED) is 0.379. The Hall–Kier alpha value is -4.39. The van der Waals surface area contributed by atoms with E-state index in [1.165, 1.54) is 18.2 Å². The summed E-state index contributed by atoms with van der Waals surface area (Å²) in [7, 11) is 1.92. The largest absolute Gasteiger partial charge is 0.508 e. The highest BCUT2D eigenvalue weighted by atomic mass is 16.4. The van der Waals surface area contributed by atoms with Crippen molar-refractivity contribution in [1.29, 1.82) is 0 Å². The fraction of sp³-hybridized carbons (Fsp3) is 0.115. The number of phenols is 1. The third-order valence-corrected chi connectivity index (χ3v) is 5.42. The van der Waals surface area contributed by atoms with Crippen molar-refractivity contribution in [2.75, 3.05) is 0 Å². The summed E-state index contributed by atoms with van der Waals surface area (Å²) in [5, 5.41) is 22.4. The van der Waals surface area contributed by atoms with Crippen LogP contribution in [0.4, 0.5) is 0 Å². The number of carboxylic acid groups (broad SMARTS) is 1. The first kappa shape index (κ1) is 21.8. The molecular formula is C26H23N3O4. The number of hydrogen-bond donors (Lipinski definition) is 3. The Morgan fingerprint density at radius 1 is 1.06 bits per heavy atom. The van der Waals surface area contributed by atoms with E-state index in [0.29, 0.717) is 5.56 Å². The van der Waals surface area contributed by atoms with E-state index in [0.717, 1.165) is 27.9 Å². The summed E-state index contributed by atoms with van der Waals surface area (Å²) < 4.78 is 1.98. The standard InChI is InChI=1S/C26H23N3O4/c1-29-24(18-6-3-2-4-7-18)20(21-8-5-15-27-25(21)29)13-14-23(31)28-22(26(32)33)16-17-9-11-19(30)12-10-17/h2-15,22,30H,16H2,1H3,(H,28,31)(H,32,33)/b14-13+/t22-/m0/s1. The van der Waals surface area contributed by atoms with E-state index in [1.807, 2.05) is 54.1 Å². The number of nitrogens with zero attached hydrogens (tertiary/aromatic N) is 2. The van der Waals surface area contributed by atoms with E-state index >= 15 is 0 Å². The summed E-state index contributed by atoms with van der Waals surface area (Å²) >= 11 is 0. The molecule has 7 nitrogen and oxygen atoms in total. The molecule has 0 aliphatic rings. The maximum atomic E-state index is 12.6. The van der Waals surface area contributed by atoms with Crippen molar-refractivity contribution in [3.63, 3.8) is 0 Å². The van der Waals surface area contributed by atoms with Crippen molar-refractivity contribution < 1.29 is 19.8 Å². The van der Waals surface area contributed by atoms with Gasteiger partial charge in [-0.2, -0.15) is 0 Å². The van der Waals surface area contributed by atoms with E-state index in [9.17, 15) is 19.8 Å². The van der Waals surface area contributed by atoms with Crippen LogP contribution in [-0.2, 0) is 23.1 Å². The SMILES string of the molecule is Cn1c(-c2ccccc2)c(/C=C/C(=O)N[C@@H](Cc2ccc(O)cc2)C(=O)O)c2cccnc21. The van der Waals surface area contributed by atoms with Crippen LogP contribution < -0.4 is 5.32 Å². The van der Waals surface area contributed by atoms with Crippen molar-refractivity contribution >= 4 is 29.0 Å². The number of benzene rings is 2. The number of nitrogens with one attached hydrogen (secondary N) is 1. The highest BCUT2D eigenvalue weighted by molar-refractivity contribution is 6.01. The van der Waals surface area contributed by atoms with Gasteiger partial charge in [-0.05, 0) is 41.5 Å². The molecule has 2 heterocycles. The lowest BCUT2D eigenvalue weighted by molar-refractivity contribution is -0.141. The van der Waals surface area contributed by atoms with Crippen LogP contribution in [0.1, 0.15) is 11.1 Å². The molecule has 7 heteroatoms. The average molecular weight is 441 g/mol. The first-order valence-corrected chi connectivity index (χ1v) is 10.4. The number of amides is 1. The fourth-order valence-corrected chi connectivity index (χ4v) is 3.85. The topological polar surface area (TPSA) is 104 Å². The van der Waals surface area contributed by atoms with E-state index in [2.05, 4.69) is 10.3 Å². The number of aliphatic carboxylic acids is 1. The molecule has 3 N–H and O–H groups in total. The normalized spacial score (nSPS) is 12.2. The van der Waals surface area contributed by atoms with Gasteiger partial charge in [-0.15, -0.1) is 0 Å². The van der Waals surface area contributed by atoms with E-state index in [1.54, 1.807) is 24.4 Å². The van der Waals surface area contributed by atoms with Crippen LogP contribution in [0.2, 0.25) is 0 Å². The Balaban J connectivity index is 1.61. The average Bonchev–Trinajstić information content (AvgIpc) is 3.11. The Labute approximate surface area is 190 Å². The lowest BCUT2D eigenvalue weighted by Gasteiger charge is -2.13. The molecule has 0 aliphatic heterocycles. The van der Waals surface area contributed by atoms with Crippen LogP contribution in [0.5, 0.6) is 5.75 Å². The minimum atomic E-state index is -1.14. The highest BCUT2D eigenvalue weighted by Gasteiger charge is 2.20.